The van der Waals surface area contributed by atoms with E-state index < -0.39 is 0 Å². The van der Waals surface area contributed by atoms with E-state index in [1.54, 1.807) is 18.2 Å². The normalized spacial score (nSPS) is 22.3. The number of nitrogens with one attached hydrogen (secondary N) is 1. The van der Waals surface area contributed by atoms with Crippen LogP contribution in [0.25, 0.3) is 0 Å². The van der Waals surface area contributed by atoms with Gasteiger partial charge in [-0.15, -0.1) is 0 Å². The van der Waals surface area contributed by atoms with Crippen molar-refractivity contribution in [1.82, 2.24) is 5.32 Å². The summed E-state index contributed by atoms with van der Waals surface area (Å²) in [7, 11) is 1.46. The molecule has 1 amide bonds. The monoisotopic (exact) mass is 278 g/mol. The first-order chi connectivity index (χ1) is 9.67. The Morgan fingerprint density at radius 2 is 2.20 bits per heavy atom. The summed E-state index contributed by atoms with van der Waals surface area (Å²) in [6.07, 6.45) is 4.26. The first-order valence-corrected chi connectivity index (χ1v) is 7.04. The van der Waals surface area contributed by atoms with Gasteiger partial charge in [-0.25, -0.2) is 0 Å². The molecule has 2 rings (SSSR count). The lowest BCUT2D eigenvalue weighted by Gasteiger charge is -2.31. The molecule has 0 aromatic heterocycles. The molecule has 0 radical (unpaired) electrons. The van der Waals surface area contributed by atoms with Gasteiger partial charge < -0.3 is 20.9 Å². The summed E-state index contributed by atoms with van der Waals surface area (Å²) in [5.74, 6) is 0.233. The highest BCUT2D eigenvalue weighted by molar-refractivity contribution is 5.97. The van der Waals surface area contributed by atoms with Gasteiger partial charge in [-0.3, -0.25) is 4.79 Å². The van der Waals surface area contributed by atoms with Gasteiger partial charge in [0.1, 0.15) is 0 Å². The topological polar surface area (TPSA) is 84.6 Å². The van der Waals surface area contributed by atoms with E-state index in [9.17, 15) is 9.90 Å². The fourth-order valence-electron chi connectivity index (χ4n) is 2.80. The number of aromatic hydroxyl groups is 1. The Bertz CT molecular complexity index is 476. The van der Waals surface area contributed by atoms with E-state index in [-0.39, 0.29) is 23.3 Å². The molecule has 0 spiro atoms. The van der Waals surface area contributed by atoms with E-state index in [2.05, 4.69) is 5.32 Å². The van der Waals surface area contributed by atoms with E-state index in [1.807, 2.05) is 0 Å². The van der Waals surface area contributed by atoms with Gasteiger partial charge in [0, 0.05) is 6.04 Å². The average Bonchev–Trinajstić information content (AvgIpc) is 2.48. The molecule has 20 heavy (non-hydrogen) atoms. The minimum atomic E-state index is -0.272. The van der Waals surface area contributed by atoms with E-state index >= 15 is 0 Å². The lowest BCUT2D eigenvalue weighted by molar-refractivity contribution is 0.0904. The number of methoxy groups -OCH3 is 1. The highest BCUT2D eigenvalue weighted by Crippen LogP contribution is 2.30. The second kappa shape index (κ2) is 6.61. The summed E-state index contributed by atoms with van der Waals surface area (Å²) in [6, 6.07) is 4.99. The van der Waals surface area contributed by atoms with Crippen molar-refractivity contribution >= 4 is 5.91 Å². The molecule has 110 valence electrons. The molecular weight excluding hydrogens is 256 g/mol. The predicted octanol–water partition coefficient (Wildman–Crippen LogP) is 1.65. The molecular formula is C15H22N2O3. The Labute approximate surface area is 119 Å². The molecule has 0 saturated heterocycles. The number of carbonyl (C=O) groups excluding carboxylic acids is 1. The van der Waals surface area contributed by atoms with Crippen LogP contribution in [0.1, 0.15) is 36.0 Å². The van der Waals surface area contributed by atoms with Gasteiger partial charge in [0.05, 0.1) is 12.7 Å². The minimum absolute atomic E-state index is 0.0897. The fourth-order valence-corrected chi connectivity index (χ4v) is 2.80. The number of phenols is 1. The number of amides is 1. The Hall–Kier alpha value is -1.75. The standard InChI is InChI=1S/C15H22N2O3/c1-20-13-8-4-6-11(14(13)18)15(19)17-12-7-3-2-5-10(12)9-16/h4,6,8,10,12,18H,2-3,5,7,9,16H2,1H3,(H,17,19). The van der Waals surface area contributed by atoms with E-state index in [1.165, 1.54) is 13.5 Å². The van der Waals surface area contributed by atoms with Crippen LogP contribution in [-0.4, -0.2) is 30.7 Å². The summed E-state index contributed by atoms with van der Waals surface area (Å²) >= 11 is 0. The molecule has 1 aromatic rings. The van der Waals surface area contributed by atoms with Crippen molar-refractivity contribution in [3.05, 3.63) is 23.8 Å². The van der Waals surface area contributed by atoms with Crippen molar-refractivity contribution in [2.45, 2.75) is 31.7 Å². The number of carbonyl (C=O) groups is 1. The number of benzene rings is 1. The van der Waals surface area contributed by atoms with Gasteiger partial charge in [0.2, 0.25) is 0 Å². The van der Waals surface area contributed by atoms with Crippen molar-refractivity contribution in [3.63, 3.8) is 0 Å². The lowest BCUT2D eigenvalue weighted by Crippen LogP contribution is -2.44. The lowest BCUT2D eigenvalue weighted by atomic mass is 9.84. The average molecular weight is 278 g/mol. The van der Waals surface area contributed by atoms with Crippen molar-refractivity contribution in [2.75, 3.05) is 13.7 Å². The van der Waals surface area contributed by atoms with E-state index in [0.717, 1.165) is 19.3 Å². The van der Waals surface area contributed by atoms with Gasteiger partial charge in [-0.2, -0.15) is 0 Å². The zero-order valence-electron chi connectivity index (χ0n) is 11.8. The van der Waals surface area contributed by atoms with Crippen molar-refractivity contribution < 1.29 is 14.6 Å². The molecule has 5 nitrogen and oxygen atoms in total. The zero-order chi connectivity index (χ0) is 14.5. The van der Waals surface area contributed by atoms with Crippen LogP contribution in [0.4, 0.5) is 0 Å². The van der Waals surface area contributed by atoms with Crippen LogP contribution in [0.2, 0.25) is 0 Å². The SMILES string of the molecule is COc1cccc(C(=O)NC2CCCCC2CN)c1O. The molecule has 5 heteroatoms. The molecule has 4 N–H and O–H groups in total. The third-order valence-corrected chi connectivity index (χ3v) is 3.99. The number of rotatable bonds is 4. The number of para-hydroxylation sites is 1. The maximum Gasteiger partial charge on any atom is 0.255 e. The molecule has 0 bridgehead atoms. The smallest absolute Gasteiger partial charge is 0.255 e. The Kier molecular flexibility index (Phi) is 4.84. The van der Waals surface area contributed by atoms with Gasteiger partial charge >= 0.3 is 0 Å². The molecule has 2 unspecified atom stereocenters. The molecule has 2 atom stereocenters. The summed E-state index contributed by atoms with van der Waals surface area (Å²) in [4.78, 5) is 12.3. The van der Waals surface area contributed by atoms with Gasteiger partial charge in [0.25, 0.3) is 5.91 Å². The number of phenolic OH excluding ortho intramolecular Hbond substituents is 1. The van der Waals surface area contributed by atoms with Crippen LogP contribution in [-0.2, 0) is 0 Å². The first-order valence-electron chi connectivity index (χ1n) is 7.04. The summed E-state index contributed by atoms with van der Waals surface area (Å²) in [5, 5.41) is 13.0. The minimum Gasteiger partial charge on any atom is -0.504 e. The van der Waals surface area contributed by atoms with Crippen molar-refractivity contribution in [2.24, 2.45) is 11.7 Å². The second-order valence-electron chi connectivity index (χ2n) is 5.22. The molecule has 1 aromatic carbocycles. The third-order valence-electron chi connectivity index (χ3n) is 3.99. The molecule has 0 heterocycles. The summed E-state index contributed by atoms with van der Waals surface area (Å²) in [6.45, 7) is 0.578. The fraction of sp³-hybridized carbons (Fsp3) is 0.533. The second-order valence-corrected chi connectivity index (χ2v) is 5.22. The Balaban J connectivity index is 2.11. The van der Waals surface area contributed by atoms with Crippen LogP contribution in [0.3, 0.4) is 0 Å². The number of hydrogen-bond donors (Lipinski definition) is 3. The van der Waals surface area contributed by atoms with Crippen LogP contribution < -0.4 is 15.8 Å². The van der Waals surface area contributed by atoms with E-state index in [0.29, 0.717) is 18.2 Å². The largest absolute Gasteiger partial charge is 0.504 e. The Morgan fingerprint density at radius 3 is 2.90 bits per heavy atom. The number of hydrogen-bond acceptors (Lipinski definition) is 4. The third kappa shape index (κ3) is 3.04. The molecule has 1 aliphatic carbocycles. The summed E-state index contributed by atoms with van der Waals surface area (Å²) < 4.78 is 5.02. The molecule has 1 aliphatic rings. The van der Waals surface area contributed by atoms with Gasteiger partial charge in [0.15, 0.2) is 11.5 Å². The molecule has 1 fully saturated rings. The van der Waals surface area contributed by atoms with Gasteiger partial charge in [-0.05, 0) is 37.4 Å². The molecule has 1 saturated carbocycles. The van der Waals surface area contributed by atoms with Crippen molar-refractivity contribution in [3.8, 4) is 11.5 Å². The van der Waals surface area contributed by atoms with Crippen LogP contribution in [0.5, 0.6) is 11.5 Å². The summed E-state index contributed by atoms with van der Waals surface area (Å²) in [5.41, 5.74) is 6.00. The van der Waals surface area contributed by atoms with Crippen LogP contribution in [0.15, 0.2) is 18.2 Å². The molecule has 0 aliphatic heterocycles. The van der Waals surface area contributed by atoms with E-state index in [4.69, 9.17) is 10.5 Å². The highest BCUT2D eigenvalue weighted by atomic mass is 16.5. The number of nitrogens with two attached hydrogens (primary N) is 1. The van der Waals surface area contributed by atoms with Crippen molar-refractivity contribution in [1.29, 1.82) is 0 Å². The Morgan fingerprint density at radius 1 is 1.45 bits per heavy atom. The van der Waals surface area contributed by atoms with Gasteiger partial charge in [-0.1, -0.05) is 18.9 Å². The number of ether oxygens (including phenoxy) is 1. The highest BCUT2D eigenvalue weighted by Gasteiger charge is 2.26. The van der Waals surface area contributed by atoms with Crippen LogP contribution in [0, 0.1) is 5.92 Å². The maximum absolute atomic E-state index is 12.3. The quantitative estimate of drug-likeness (QED) is 0.782. The van der Waals surface area contributed by atoms with Crippen LogP contribution >= 0.6 is 0 Å². The first kappa shape index (κ1) is 14.7. The predicted molar refractivity (Wildman–Crippen MR) is 76.9 cm³/mol. The zero-order valence-corrected chi connectivity index (χ0v) is 11.8. The maximum atomic E-state index is 12.3.